The molecule has 0 saturated heterocycles. The summed E-state index contributed by atoms with van der Waals surface area (Å²) in [4.78, 5) is 23.5. The molecule has 2 aromatic rings. The molecule has 1 atom stereocenters. The molecule has 0 aromatic heterocycles. The molecule has 0 spiro atoms. The van der Waals surface area contributed by atoms with Crippen molar-refractivity contribution in [3.8, 4) is 6.07 Å². The van der Waals surface area contributed by atoms with Gasteiger partial charge in [-0.3, -0.25) is 4.79 Å². The van der Waals surface area contributed by atoms with Gasteiger partial charge in [0.15, 0.2) is 0 Å². The minimum Gasteiger partial charge on any atom is -0.480 e. The minimum absolute atomic E-state index is 0.0242. The monoisotopic (exact) mass is 376 g/mol. The SMILES string of the molecule is N#Cc1cccc(C[C@@H](NC(=O)Cc2ccc(C(F)(F)F)cc2)C(=O)O)c1. The molecule has 2 aromatic carbocycles. The van der Waals surface area contributed by atoms with E-state index in [1.54, 1.807) is 18.2 Å². The van der Waals surface area contributed by atoms with Gasteiger partial charge in [-0.05, 0) is 35.4 Å². The van der Waals surface area contributed by atoms with Gasteiger partial charge < -0.3 is 10.4 Å². The number of rotatable bonds is 6. The lowest BCUT2D eigenvalue weighted by Gasteiger charge is -2.15. The smallest absolute Gasteiger partial charge is 0.416 e. The van der Waals surface area contributed by atoms with Gasteiger partial charge in [0.25, 0.3) is 0 Å². The van der Waals surface area contributed by atoms with Gasteiger partial charge in [-0.15, -0.1) is 0 Å². The number of nitriles is 1. The Morgan fingerprint density at radius 1 is 1.11 bits per heavy atom. The molecule has 0 heterocycles. The molecule has 5 nitrogen and oxygen atoms in total. The lowest BCUT2D eigenvalue weighted by atomic mass is 10.0. The Kier molecular flexibility index (Phi) is 6.19. The van der Waals surface area contributed by atoms with Crippen LogP contribution in [0.25, 0.3) is 0 Å². The zero-order valence-electron chi connectivity index (χ0n) is 14.0. The van der Waals surface area contributed by atoms with E-state index in [1.807, 2.05) is 6.07 Å². The topological polar surface area (TPSA) is 90.2 Å². The Balaban J connectivity index is 2.02. The predicted octanol–water partition coefficient (Wildman–Crippen LogP) is 2.93. The Labute approximate surface area is 153 Å². The van der Waals surface area contributed by atoms with Crippen molar-refractivity contribution < 1.29 is 27.9 Å². The van der Waals surface area contributed by atoms with E-state index in [2.05, 4.69) is 5.32 Å². The molecular weight excluding hydrogens is 361 g/mol. The van der Waals surface area contributed by atoms with Gasteiger partial charge in [0.1, 0.15) is 6.04 Å². The van der Waals surface area contributed by atoms with Gasteiger partial charge in [0, 0.05) is 6.42 Å². The van der Waals surface area contributed by atoms with E-state index in [0.717, 1.165) is 12.1 Å². The summed E-state index contributed by atoms with van der Waals surface area (Å²) in [5.41, 5.74) is 0.438. The normalized spacial score (nSPS) is 12.1. The van der Waals surface area contributed by atoms with Crippen LogP contribution < -0.4 is 5.32 Å². The number of nitrogens with one attached hydrogen (secondary N) is 1. The van der Waals surface area contributed by atoms with Gasteiger partial charge in [-0.25, -0.2) is 4.79 Å². The van der Waals surface area contributed by atoms with E-state index in [1.165, 1.54) is 18.2 Å². The molecule has 0 aliphatic carbocycles. The Morgan fingerprint density at radius 2 is 1.78 bits per heavy atom. The highest BCUT2D eigenvalue weighted by atomic mass is 19.4. The van der Waals surface area contributed by atoms with Crippen molar-refractivity contribution in [1.29, 1.82) is 5.26 Å². The predicted molar refractivity (Wildman–Crippen MR) is 89.6 cm³/mol. The van der Waals surface area contributed by atoms with Gasteiger partial charge in [0.2, 0.25) is 5.91 Å². The second kappa shape index (κ2) is 8.36. The molecule has 0 aliphatic rings. The van der Waals surface area contributed by atoms with E-state index < -0.39 is 29.7 Å². The summed E-state index contributed by atoms with van der Waals surface area (Å²) < 4.78 is 37.6. The van der Waals surface area contributed by atoms with Crippen molar-refractivity contribution in [3.05, 3.63) is 70.8 Å². The second-order valence-electron chi connectivity index (χ2n) is 5.85. The average Bonchev–Trinajstić information content (AvgIpc) is 2.61. The number of benzene rings is 2. The fourth-order valence-electron chi connectivity index (χ4n) is 2.45. The van der Waals surface area contributed by atoms with Crippen LogP contribution in [0.4, 0.5) is 13.2 Å². The second-order valence-corrected chi connectivity index (χ2v) is 5.85. The van der Waals surface area contributed by atoms with Crippen LogP contribution in [0, 0.1) is 11.3 Å². The molecule has 0 radical (unpaired) electrons. The van der Waals surface area contributed by atoms with Gasteiger partial charge in [0.05, 0.1) is 23.6 Å². The molecule has 0 aliphatic heterocycles. The van der Waals surface area contributed by atoms with E-state index in [-0.39, 0.29) is 12.8 Å². The Morgan fingerprint density at radius 3 is 2.33 bits per heavy atom. The van der Waals surface area contributed by atoms with Crippen LogP contribution in [-0.4, -0.2) is 23.0 Å². The van der Waals surface area contributed by atoms with Crippen molar-refractivity contribution >= 4 is 11.9 Å². The van der Waals surface area contributed by atoms with E-state index >= 15 is 0 Å². The first kappa shape index (κ1) is 20.0. The van der Waals surface area contributed by atoms with Crippen LogP contribution in [0.1, 0.15) is 22.3 Å². The number of hydrogen-bond donors (Lipinski definition) is 2. The fourth-order valence-corrected chi connectivity index (χ4v) is 2.45. The first-order valence-corrected chi connectivity index (χ1v) is 7.86. The number of halogens is 3. The van der Waals surface area contributed by atoms with Gasteiger partial charge >= 0.3 is 12.1 Å². The van der Waals surface area contributed by atoms with Crippen molar-refractivity contribution in [2.45, 2.75) is 25.1 Å². The van der Waals surface area contributed by atoms with Crippen LogP contribution >= 0.6 is 0 Å². The minimum atomic E-state index is -4.47. The number of carboxylic acids is 1. The maximum absolute atomic E-state index is 12.5. The zero-order chi connectivity index (χ0) is 20.0. The number of carboxylic acid groups (broad SMARTS) is 1. The Bertz CT molecular complexity index is 871. The number of nitrogens with zero attached hydrogens (tertiary/aromatic N) is 1. The average molecular weight is 376 g/mol. The highest BCUT2D eigenvalue weighted by Gasteiger charge is 2.30. The zero-order valence-corrected chi connectivity index (χ0v) is 14.0. The molecule has 0 fully saturated rings. The van der Waals surface area contributed by atoms with Crippen LogP contribution in [0.2, 0.25) is 0 Å². The summed E-state index contributed by atoms with van der Waals surface area (Å²) in [6.45, 7) is 0. The highest BCUT2D eigenvalue weighted by Crippen LogP contribution is 2.29. The quantitative estimate of drug-likeness (QED) is 0.811. The standard InChI is InChI=1S/C19H15F3N2O3/c20-19(21,22)15-6-4-12(5-7-15)10-17(25)24-16(18(26)27)9-13-2-1-3-14(8-13)11-23/h1-8,16H,9-10H2,(H,24,25)(H,26,27)/t16-/m1/s1. The molecule has 2 rings (SSSR count). The number of aliphatic carboxylic acids is 1. The lowest BCUT2D eigenvalue weighted by Crippen LogP contribution is -2.43. The summed E-state index contributed by atoms with van der Waals surface area (Å²) in [6.07, 6.45) is -4.74. The van der Waals surface area contributed by atoms with Crippen LogP contribution in [0.5, 0.6) is 0 Å². The third-order valence-corrected chi connectivity index (χ3v) is 3.78. The Hall–Kier alpha value is -3.34. The van der Waals surface area contributed by atoms with Crippen LogP contribution in [0.3, 0.4) is 0 Å². The van der Waals surface area contributed by atoms with E-state index in [9.17, 15) is 27.9 Å². The number of alkyl halides is 3. The molecular formula is C19H15F3N2O3. The molecule has 1 amide bonds. The van der Waals surface area contributed by atoms with Crippen LogP contribution in [-0.2, 0) is 28.6 Å². The molecule has 8 heteroatoms. The highest BCUT2D eigenvalue weighted by molar-refractivity contribution is 5.85. The number of hydrogen-bond acceptors (Lipinski definition) is 3. The first-order chi connectivity index (χ1) is 12.7. The number of carbonyl (C=O) groups is 2. The summed E-state index contributed by atoms with van der Waals surface area (Å²) >= 11 is 0. The largest absolute Gasteiger partial charge is 0.480 e. The van der Waals surface area contributed by atoms with Gasteiger partial charge in [-0.1, -0.05) is 24.3 Å². The molecule has 27 heavy (non-hydrogen) atoms. The molecule has 0 saturated carbocycles. The molecule has 0 bridgehead atoms. The third kappa shape index (κ3) is 5.85. The number of carbonyl (C=O) groups excluding carboxylic acids is 1. The lowest BCUT2D eigenvalue weighted by molar-refractivity contribution is -0.141. The third-order valence-electron chi connectivity index (χ3n) is 3.78. The van der Waals surface area contributed by atoms with E-state index in [4.69, 9.17) is 5.26 Å². The van der Waals surface area contributed by atoms with Crippen molar-refractivity contribution in [1.82, 2.24) is 5.32 Å². The summed E-state index contributed by atoms with van der Waals surface area (Å²) in [7, 11) is 0. The summed E-state index contributed by atoms with van der Waals surface area (Å²) in [5, 5.41) is 20.5. The molecule has 2 N–H and O–H groups in total. The number of amides is 1. The first-order valence-electron chi connectivity index (χ1n) is 7.86. The van der Waals surface area contributed by atoms with Crippen molar-refractivity contribution in [2.75, 3.05) is 0 Å². The van der Waals surface area contributed by atoms with Crippen molar-refractivity contribution in [3.63, 3.8) is 0 Å². The molecule has 0 unspecified atom stereocenters. The fraction of sp³-hybridized carbons (Fsp3) is 0.211. The summed E-state index contributed by atoms with van der Waals surface area (Å²) in [6, 6.07) is 11.1. The van der Waals surface area contributed by atoms with E-state index in [0.29, 0.717) is 16.7 Å². The maximum Gasteiger partial charge on any atom is 0.416 e. The summed E-state index contributed by atoms with van der Waals surface area (Å²) in [5.74, 6) is -1.88. The van der Waals surface area contributed by atoms with Crippen molar-refractivity contribution in [2.24, 2.45) is 0 Å². The van der Waals surface area contributed by atoms with Crippen LogP contribution in [0.15, 0.2) is 48.5 Å². The van der Waals surface area contributed by atoms with Gasteiger partial charge in [-0.2, -0.15) is 18.4 Å². The molecule has 140 valence electrons. The maximum atomic E-state index is 12.5.